The smallest absolute Gasteiger partial charge is 0.272 e. The third kappa shape index (κ3) is 3.88. The van der Waals surface area contributed by atoms with Crippen molar-refractivity contribution in [2.75, 3.05) is 13.1 Å². The van der Waals surface area contributed by atoms with Crippen LogP contribution in [0.1, 0.15) is 32.8 Å². The first kappa shape index (κ1) is 18.0. The maximum Gasteiger partial charge on any atom is 0.272 e. The van der Waals surface area contributed by atoms with Crippen LogP contribution in [0.5, 0.6) is 0 Å². The quantitative estimate of drug-likeness (QED) is 0.873. The van der Waals surface area contributed by atoms with Gasteiger partial charge in [0.25, 0.3) is 11.8 Å². The topological polar surface area (TPSA) is 82.5 Å². The zero-order valence-corrected chi connectivity index (χ0v) is 14.4. The summed E-state index contributed by atoms with van der Waals surface area (Å²) in [5.74, 6) is -1.01. The van der Waals surface area contributed by atoms with Gasteiger partial charge < -0.3 is 15.3 Å². The molecule has 26 heavy (non-hydrogen) atoms. The van der Waals surface area contributed by atoms with Crippen molar-refractivity contribution in [3.05, 3.63) is 65.2 Å². The SMILES string of the molecule is Cc1cc(F)ccc1C(=O)N[C@@H]1CCN(C(=O)c2ccccn2)C[C@H]1O. The molecule has 1 aromatic carbocycles. The molecule has 0 unspecified atom stereocenters. The Kier molecular flexibility index (Phi) is 5.27. The van der Waals surface area contributed by atoms with Crippen molar-refractivity contribution in [2.24, 2.45) is 0 Å². The van der Waals surface area contributed by atoms with Crippen LogP contribution in [-0.4, -0.2) is 52.0 Å². The average Bonchev–Trinajstić information content (AvgIpc) is 2.63. The molecule has 6 nitrogen and oxygen atoms in total. The number of aliphatic hydroxyl groups excluding tert-OH is 1. The van der Waals surface area contributed by atoms with Gasteiger partial charge in [-0.25, -0.2) is 4.39 Å². The number of aliphatic hydroxyl groups is 1. The summed E-state index contributed by atoms with van der Waals surface area (Å²) in [5, 5.41) is 13.1. The van der Waals surface area contributed by atoms with Gasteiger partial charge in [-0.15, -0.1) is 0 Å². The van der Waals surface area contributed by atoms with Crippen LogP contribution in [-0.2, 0) is 0 Å². The van der Waals surface area contributed by atoms with E-state index in [1.165, 1.54) is 23.1 Å². The third-order valence-electron chi connectivity index (χ3n) is 4.50. The van der Waals surface area contributed by atoms with Gasteiger partial charge in [0.05, 0.1) is 12.1 Å². The Labute approximate surface area is 150 Å². The average molecular weight is 357 g/mol. The minimum Gasteiger partial charge on any atom is -0.389 e. The zero-order chi connectivity index (χ0) is 18.7. The molecule has 2 amide bonds. The molecule has 1 fully saturated rings. The molecule has 136 valence electrons. The highest BCUT2D eigenvalue weighted by molar-refractivity contribution is 5.96. The lowest BCUT2D eigenvalue weighted by molar-refractivity contribution is 0.0311. The van der Waals surface area contributed by atoms with Crippen LogP contribution >= 0.6 is 0 Å². The number of pyridine rings is 1. The van der Waals surface area contributed by atoms with Gasteiger partial charge in [0, 0.05) is 24.8 Å². The maximum absolute atomic E-state index is 13.2. The lowest BCUT2D eigenvalue weighted by Crippen LogP contribution is -2.55. The number of nitrogens with zero attached hydrogens (tertiary/aromatic N) is 2. The highest BCUT2D eigenvalue weighted by Gasteiger charge is 2.32. The van der Waals surface area contributed by atoms with Crippen molar-refractivity contribution in [1.82, 2.24) is 15.2 Å². The molecule has 0 aliphatic carbocycles. The summed E-state index contributed by atoms with van der Waals surface area (Å²) in [5.41, 5.74) is 1.22. The molecule has 1 aliphatic rings. The van der Waals surface area contributed by atoms with Crippen LogP contribution in [0.25, 0.3) is 0 Å². The molecule has 2 N–H and O–H groups in total. The summed E-state index contributed by atoms with van der Waals surface area (Å²) in [6.45, 7) is 2.17. The van der Waals surface area contributed by atoms with Gasteiger partial charge in [-0.2, -0.15) is 0 Å². The molecule has 2 aromatic rings. The first-order chi connectivity index (χ1) is 12.5. The number of halogens is 1. The van der Waals surface area contributed by atoms with Gasteiger partial charge in [0.1, 0.15) is 11.5 Å². The molecule has 3 rings (SSSR count). The van der Waals surface area contributed by atoms with Crippen LogP contribution in [0.2, 0.25) is 0 Å². The van der Waals surface area contributed by atoms with Gasteiger partial charge in [-0.1, -0.05) is 6.07 Å². The minimum atomic E-state index is -0.888. The van der Waals surface area contributed by atoms with Gasteiger partial charge in [0.2, 0.25) is 0 Å². The second-order valence-electron chi connectivity index (χ2n) is 6.36. The molecule has 2 atom stereocenters. The number of hydrogen-bond acceptors (Lipinski definition) is 4. The van der Waals surface area contributed by atoms with E-state index >= 15 is 0 Å². The molecule has 7 heteroatoms. The maximum atomic E-state index is 13.2. The Morgan fingerprint density at radius 3 is 2.77 bits per heavy atom. The summed E-state index contributed by atoms with van der Waals surface area (Å²) < 4.78 is 13.2. The van der Waals surface area contributed by atoms with E-state index < -0.39 is 18.0 Å². The summed E-state index contributed by atoms with van der Waals surface area (Å²) >= 11 is 0. The highest BCUT2D eigenvalue weighted by atomic mass is 19.1. The standard InChI is InChI=1S/C19H20FN3O3/c1-12-10-13(20)5-6-14(12)18(25)22-15-7-9-23(11-17(15)24)19(26)16-4-2-3-8-21-16/h2-6,8,10,15,17,24H,7,9,11H2,1H3,(H,22,25)/t15-,17-/m1/s1. The number of rotatable bonds is 3. The Bertz CT molecular complexity index is 813. The highest BCUT2D eigenvalue weighted by Crippen LogP contribution is 2.16. The fourth-order valence-electron chi connectivity index (χ4n) is 3.06. The summed E-state index contributed by atoms with van der Waals surface area (Å²) in [7, 11) is 0. The monoisotopic (exact) mass is 357 g/mol. The van der Waals surface area contributed by atoms with E-state index in [9.17, 15) is 19.1 Å². The first-order valence-corrected chi connectivity index (χ1v) is 8.41. The van der Waals surface area contributed by atoms with Crippen LogP contribution < -0.4 is 5.32 Å². The van der Waals surface area contributed by atoms with E-state index in [4.69, 9.17) is 0 Å². The fourth-order valence-corrected chi connectivity index (χ4v) is 3.06. The van der Waals surface area contributed by atoms with Gasteiger partial charge in [0.15, 0.2) is 0 Å². The third-order valence-corrected chi connectivity index (χ3v) is 4.50. The fraction of sp³-hybridized carbons (Fsp3) is 0.316. The second kappa shape index (κ2) is 7.61. The van der Waals surface area contributed by atoms with Crippen molar-refractivity contribution in [2.45, 2.75) is 25.5 Å². The predicted octanol–water partition coefficient (Wildman–Crippen LogP) is 1.53. The molecular weight excluding hydrogens is 337 g/mol. The molecule has 0 saturated carbocycles. The van der Waals surface area contributed by atoms with Crippen molar-refractivity contribution < 1.29 is 19.1 Å². The Hall–Kier alpha value is -2.80. The Morgan fingerprint density at radius 1 is 1.31 bits per heavy atom. The van der Waals surface area contributed by atoms with E-state index in [-0.39, 0.29) is 18.4 Å². The lowest BCUT2D eigenvalue weighted by atomic mass is 10.00. The predicted molar refractivity (Wildman–Crippen MR) is 93.2 cm³/mol. The van der Waals surface area contributed by atoms with E-state index in [1.54, 1.807) is 31.3 Å². The second-order valence-corrected chi connectivity index (χ2v) is 6.36. The van der Waals surface area contributed by atoms with Crippen LogP contribution in [0.15, 0.2) is 42.6 Å². The van der Waals surface area contributed by atoms with E-state index in [2.05, 4.69) is 10.3 Å². The lowest BCUT2D eigenvalue weighted by Gasteiger charge is -2.36. The largest absolute Gasteiger partial charge is 0.389 e. The van der Waals surface area contributed by atoms with Crippen molar-refractivity contribution in [1.29, 1.82) is 0 Å². The normalized spacial score (nSPS) is 19.9. The number of carbonyl (C=O) groups is 2. The van der Waals surface area contributed by atoms with Crippen LogP contribution in [0.3, 0.4) is 0 Å². The molecular formula is C19H20FN3O3. The number of β-amino-alcohol motifs (C(OH)–C–C–N with tert-alkyl or cyclic N) is 1. The Morgan fingerprint density at radius 2 is 2.12 bits per heavy atom. The molecule has 0 spiro atoms. The molecule has 0 bridgehead atoms. The number of aryl methyl sites for hydroxylation is 1. The molecule has 1 aliphatic heterocycles. The van der Waals surface area contributed by atoms with Crippen LogP contribution in [0, 0.1) is 12.7 Å². The minimum absolute atomic E-state index is 0.114. The van der Waals surface area contributed by atoms with Crippen molar-refractivity contribution in [3.8, 4) is 0 Å². The van der Waals surface area contributed by atoms with E-state index in [0.29, 0.717) is 29.8 Å². The van der Waals surface area contributed by atoms with Crippen molar-refractivity contribution >= 4 is 11.8 Å². The molecule has 1 aromatic heterocycles. The first-order valence-electron chi connectivity index (χ1n) is 8.41. The number of nitrogens with one attached hydrogen (secondary N) is 1. The number of piperidine rings is 1. The number of likely N-dealkylation sites (tertiary alicyclic amines) is 1. The van der Waals surface area contributed by atoms with Gasteiger partial charge in [-0.05, 0) is 49.2 Å². The number of benzene rings is 1. The number of amides is 2. The number of hydrogen-bond donors (Lipinski definition) is 2. The molecule has 0 radical (unpaired) electrons. The summed E-state index contributed by atoms with van der Waals surface area (Å²) in [4.78, 5) is 30.4. The Balaban J connectivity index is 1.62. The van der Waals surface area contributed by atoms with Gasteiger partial charge >= 0.3 is 0 Å². The zero-order valence-electron chi connectivity index (χ0n) is 14.4. The molecule has 1 saturated heterocycles. The van der Waals surface area contributed by atoms with E-state index in [1.807, 2.05) is 0 Å². The number of aromatic nitrogens is 1. The number of carbonyl (C=O) groups excluding carboxylic acids is 2. The summed E-state index contributed by atoms with van der Waals surface area (Å²) in [6, 6.07) is 8.55. The molecule has 2 heterocycles. The van der Waals surface area contributed by atoms with Crippen molar-refractivity contribution in [3.63, 3.8) is 0 Å². The van der Waals surface area contributed by atoms with Gasteiger partial charge in [-0.3, -0.25) is 14.6 Å². The van der Waals surface area contributed by atoms with Crippen LogP contribution in [0.4, 0.5) is 4.39 Å². The summed E-state index contributed by atoms with van der Waals surface area (Å²) in [6.07, 6.45) is 1.08. The van der Waals surface area contributed by atoms with E-state index in [0.717, 1.165) is 0 Å².